The molecular formula is C15H12OS. The molecule has 0 aliphatic rings. The van der Waals surface area contributed by atoms with Crippen molar-refractivity contribution in [2.45, 2.75) is 0 Å². The van der Waals surface area contributed by atoms with E-state index in [1.807, 2.05) is 60.0 Å². The van der Waals surface area contributed by atoms with Gasteiger partial charge in [-0.15, -0.1) is 11.3 Å². The number of ketones is 1. The van der Waals surface area contributed by atoms with Gasteiger partial charge in [0.25, 0.3) is 0 Å². The van der Waals surface area contributed by atoms with Crippen LogP contribution in [0.15, 0.2) is 66.1 Å². The third-order valence-corrected chi connectivity index (χ3v) is 3.10. The van der Waals surface area contributed by atoms with Gasteiger partial charge in [-0.25, -0.2) is 0 Å². The Labute approximate surface area is 105 Å². The number of thiophene rings is 1. The van der Waals surface area contributed by atoms with E-state index in [2.05, 4.69) is 0 Å². The van der Waals surface area contributed by atoms with Gasteiger partial charge in [0.2, 0.25) is 0 Å². The number of hydrogen-bond donors (Lipinski definition) is 0. The molecule has 0 radical (unpaired) electrons. The molecular weight excluding hydrogens is 228 g/mol. The smallest absolute Gasteiger partial charge is 0.195 e. The van der Waals surface area contributed by atoms with Gasteiger partial charge >= 0.3 is 0 Å². The van der Waals surface area contributed by atoms with Crippen LogP contribution < -0.4 is 0 Å². The lowest BCUT2D eigenvalue weighted by atomic mass is 10.2. The normalized spacial score (nSPS) is 11.3. The molecule has 0 aliphatic carbocycles. The van der Waals surface area contributed by atoms with Crippen molar-refractivity contribution in [3.63, 3.8) is 0 Å². The Balaban J connectivity index is 1.94. The van der Waals surface area contributed by atoms with E-state index in [0.29, 0.717) is 0 Å². The Morgan fingerprint density at radius 3 is 2.53 bits per heavy atom. The molecule has 0 atom stereocenters. The van der Waals surface area contributed by atoms with Crippen molar-refractivity contribution >= 4 is 23.2 Å². The second kappa shape index (κ2) is 5.97. The van der Waals surface area contributed by atoms with Crippen LogP contribution in [0.2, 0.25) is 0 Å². The van der Waals surface area contributed by atoms with E-state index in [4.69, 9.17) is 0 Å². The first-order valence-electron chi connectivity index (χ1n) is 5.34. The molecule has 1 aromatic heterocycles. The fraction of sp³-hybridized carbons (Fsp3) is 0. The highest BCUT2D eigenvalue weighted by Gasteiger charge is 1.99. The highest BCUT2D eigenvalue weighted by atomic mass is 32.1. The lowest BCUT2D eigenvalue weighted by Gasteiger charge is -1.89. The summed E-state index contributed by atoms with van der Waals surface area (Å²) in [7, 11) is 0. The number of benzene rings is 1. The Morgan fingerprint density at radius 2 is 1.82 bits per heavy atom. The number of carbonyl (C=O) groups is 1. The number of carbonyl (C=O) groups excluding carboxylic acids is 1. The van der Waals surface area contributed by atoms with Crippen molar-refractivity contribution in [1.29, 1.82) is 0 Å². The minimum Gasteiger partial charge on any atom is -0.288 e. The zero-order chi connectivity index (χ0) is 11.9. The molecule has 0 spiro atoms. The van der Waals surface area contributed by atoms with Crippen molar-refractivity contribution in [2.75, 3.05) is 0 Å². The maximum absolute atomic E-state index is 11.6. The maximum Gasteiger partial charge on any atom is 0.195 e. The third-order valence-electron chi connectivity index (χ3n) is 2.21. The molecule has 0 aliphatic heterocycles. The largest absolute Gasteiger partial charge is 0.288 e. The van der Waals surface area contributed by atoms with Crippen LogP contribution in [0, 0.1) is 0 Å². The zero-order valence-corrected chi connectivity index (χ0v) is 10.1. The number of allylic oxidation sites excluding steroid dienone is 3. The number of rotatable bonds is 4. The van der Waals surface area contributed by atoms with Crippen LogP contribution in [0.25, 0.3) is 6.08 Å². The highest BCUT2D eigenvalue weighted by Crippen LogP contribution is 2.09. The lowest BCUT2D eigenvalue weighted by Crippen LogP contribution is -1.87. The van der Waals surface area contributed by atoms with Crippen LogP contribution in [-0.2, 0) is 0 Å². The van der Waals surface area contributed by atoms with Crippen molar-refractivity contribution in [3.8, 4) is 0 Å². The topological polar surface area (TPSA) is 17.1 Å². The van der Waals surface area contributed by atoms with E-state index in [-0.39, 0.29) is 5.78 Å². The molecule has 0 saturated heterocycles. The van der Waals surface area contributed by atoms with Gasteiger partial charge in [0.15, 0.2) is 5.78 Å². The molecule has 0 N–H and O–H groups in total. The SMILES string of the molecule is O=C(C=CC=Cc1ccccc1)c1cccs1. The Hall–Kier alpha value is -1.93. The van der Waals surface area contributed by atoms with Gasteiger partial charge in [-0.1, -0.05) is 54.6 Å². The predicted octanol–water partition coefficient (Wildman–Crippen LogP) is 4.20. The van der Waals surface area contributed by atoms with Crippen molar-refractivity contribution < 1.29 is 4.79 Å². The summed E-state index contributed by atoms with van der Waals surface area (Å²) in [6, 6.07) is 13.7. The van der Waals surface area contributed by atoms with Crippen molar-refractivity contribution in [3.05, 3.63) is 76.5 Å². The van der Waals surface area contributed by atoms with Gasteiger partial charge < -0.3 is 0 Å². The Kier molecular flexibility index (Phi) is 4.05. The first-order chi connectivity index (χ1) is 8.36. The average molecular weight is 240 g/mol. The Morgan fingerprint density at radius 1 is 1.00 bits per heavy atom. The molecule has 0 fully saturated rings. The molecule has 84 valence electrons. The van der Waals surface area contributed by atoms with Crippen LogP contribution in [0.4, 0.5) is 0 Å². The van der Waals surface area contributed by atoms with E-state index in [1.165, 1.54) is 11.3 Å². The molecule has 0 bridgehead atoms. The summed E-state index contributed by atoms with van der Waals surface area (Å²) in [5, 5.41) is 1.90. The second-order valence-corrected chi connectivity index (χ2v) is 4.42. The molecule has 0 saturated carbocycles. The summed E-state index contributed by atoms with van der Waals surface area (Å²) in [6.07, 6.45) is 7.21. The first kappa shape index (κ1) is 11.6. The van der Waals surface area contributed by atoms with Crippen LogP contribution in [0.1, 0.15) is 15.2 Å². The molecule has 2 heteroatoms. The van der Waals surface area contributed by atoms with E-state index < -0.39 is 0 Å². The van der Waals surface area contributed by atoms with E-state index in [1.54, 1.807) is 12.2 Å². The van der Waals surface area contributed by atoms with E-state index >= 15 is 0 Å². The molecule has 0 amide bonds. The standard InChI is InChI=1S/C15H12OS/c16-14(15-11-6-12-17-15)10-5-4-9-13-7-2-1-3-8-13/h1-12H. The van der Waals surface area contributed by atoms with E-state index in [9.17, 15) is 4.79 Å². The predicted molar refractivity (Wildman–Crippen MR) is 73.3 cm³/mol. The van der Waals surface area contributed by atoms with Crippen molar-refractivity contribution in [1.82, 2.24) is 0 Å². The molecule has 1 heterocycles. The zero-order valence-electron chi connectivity index (χ0n) is 9.24. The molecule has 2 rings (SSSR count). The summed E-state index contributed by atoms with van der Waals surface area (Å²) in [5.74, 6) is 0.0534. The minimum atomic E-state index is 0.0534. The fourth-order valence-electron chi connectivity index (χ4n) is 1.37. The maximum atomic E-state index is 11.6. The van der Waals surface area contributed by atoms with Gasteiger partial charge in [0, 0.05) is 0 Å². The summed E-state index contributed by atoms with van der Waals surface area (Å²) in [6.45, 7) is 0. The molecule has 1 aromatic carbocycles. The van der Waals surface area contributed by atoms with Gasteiger partial charge in [-0.05, 0) is 23.1 Å². The van der Waals surface area contributed by atoms with Gasteiger partial charge in [-0.3, -0.25) is 4.79 Å². The van der Waals surface area contributed by atoms with Gasteiger partial charge in [-0.2, -0.15) is 0 Å². The molecule has 17 heavy (non-hydrogen) atoms. The fourth-order valence-corrected chi connectivity index (χ4v) is 2.02. The molecule has 2 aromatic rings. The summed E-state index contributed by atoms with van der Waals surface area (Å²) in [4.78, 5) is 12.4. The second-order valence-electron chi connectivity index (χ2n) is 3.47. The van der Waals surface area contributed by atoms with Crippen LogP contribution in [0.3, 0.4) is 0 Å². The number of hydrogen-bond acceptors (Lipinski definition) is 2. The summed E-state index contributed by atoms with van der Waals surface area (Å²) >= 11 is 1.46. The quantitative estimate of drug-likeness (QED) is 0.444. The third kappa shape index (κ3) is 3.54. The first-order valence-corrected chi connectivity index (χ1v) is 6.22. The molecule has 0 unspecified atom stereocenters. The van der Waals surface area contributed by atoms with Gasteiger partial charge in [0.1, 0.15) is 0 Å². The highest BCUT2D eigenvalue weighted by molar-refractivity contribution is 7.12. The minimum absolute atomic E-state index is 0.0534. The average Bonchev–Trinajstić information content (AvgIpc) is 2.89. The summed E-state index contributed by atoms with van der Waals surface area (Å²) < 4.78 is 0. The van der Waals surface area contributed by atoms with Gasteiger partial charge in [0.05, 0.1) is 4.88 Å². The van der Waals surface area contributed by atoms with Crippen LogP contribution in [-0.4, -0.2) is 5.78 Å². The monoisotopic (exact) mass is 240 g/mol. The van der Waals surface area contributed by atoms with Crippen LogP contribution >= 0.6 is 11.3 Å². The lowest BCUT2D eigenvalue weighted by molar-refractivity contribution is 0.105. The molecule has 1 nitrogen and oxygen atoms in total. The Bertz CT molecular complexity index is 521. The summed E-state index contributed by atoms with van der Waals surface area (Å²) in [5.41, 5.74) is 1.13. The van der Waals surface area contributed by atoms with Crippen molar-refractivity contribution in [2.24, 2.45) is 0 Å². The van der Waals surface area contributed by atoms with Crippen LogP contribution in [0.5, 0.6) is 0 Å². The van der Waals surface area contributed by atoms with E-state index in [0.717, 1.165) is 10.4 Å².